The molecule has 0 radical (unpaired) electrons. The van der Waals surface area contributed by atoms with Gasteiger partial charge in [-0.15, -0.1) is 10.2 Å². The SMILES string of the molecule is COc1ccc(C(=O)N2CCC[C@@H](C(=O)O)C2)nn1. The number of piperidine rings is 1. The van der Waals surface area contributed by atoms with Crippen molar-refractivity contribution in [2.45, 2.75) is 12.8 Å². The first-order chi connectivity index (χ1) is 9.11. The first-order valence-corrected chi connectivity index (χ1v) is 6.01. The largest absolute Gasteiger partial charge is 0.481 e. The number of methoxy groups -OCH3 is 1. The smallest absolute Gasteiger partial charge is 0.308 e. The van der Waals surface area contributed by atoms with Crippen LogP contribution in [0.25, 0.3) is 0 Å². The summed E-state index contributed by atoms with van der Waals surface area (Å²) in [6.07, 6.45) is 1.29. The fourth-order valence-corrected chi connectivity index (χ4v) is 2.07. The van der Waals surface area contributed by atoms with E-state index in [0.29, 0.717) is 25.3 Å². The predicted molar refractivity (Wildman–Crippen MR) is 64.8 cm³/mol. The third-order valence-corrected chi connectivity index (χ3v) is 3.13. The van der Waals surface area contributed by atoms with E-state index in [0.717, 1.165) is 0 Å². The number of aliphatic carboxylic acids is 1. The standard InChI is InChI=1S/C12H15N3O4/c1-19-10-5-4-9(13-14-10)11(16)15-6-2-3-8(7-15)12(17)18/h4-5,8H,2-3,6-7H2,1H3,(H,17,18)/t8-/m1/s1. The van der Waals surface area contributed by atoms with Gasteiger partial charge in [0, 0.05) is 19.2 Å². The number of carboxylic acids is 1. The zero-order valence-electron chi connectivity index (χ0n) is 10.6. The molecule has 1 aromatic rings. The molecule has 2 rings (SSSR count). The second-order valence-corrected chi connectivity index (χ2v) is 4.39. The molecule has 7 nitrogen and oxygen atoms in total. The van der Waals surface area contributed by atoms with E-state index in [1.165, 1.54) is 18.1 Å². The maximum atomic E-state index is 12.2. The Hall–Kier alpha value is -2.18. The van der Waals surface area contributed by atoms with Crippen LogP contribution in [0.1, 0.15) is 23.3 Å². The monoisotopic (exact) mass is 265 g/mol. The highest BCUT2D eigenvalue weighted by atomic mass is 16.5. The summed E-state index contributed by atoms with van der Waals surface area (Å²) in [5.74, 6) is -1.32. The number of hydrogen-bond donors (Lipinski definition) is 1. The van der Waals surface area contributed by atoms with Crippen molar-refractivity contribution in [1.82, 2.24) is 15.1 Å². The molecule has 1 saturated heterocycles. The number of rotatable bonds is 3. The molecule has 2 heterocycles. The predicted octanol–water partition coefficient (Wildman–Crippen LogP) is 0.422. The topological polar surface area (TPSA) is 92.6 Å². The minimum Gasteiger partial charge on any atom is -0.481 e. The van der Waals surface area contributed by atoms with Gasteiger partial charge in [0.25, 0.3) is 5.91 Å². The molecular formula is C12H15N3O4. The summed E-state index contributed by atoms with van der Waals surface area (Å²) in [6.45, 7) is 0.776. The average Bonchev–Trinajstić information content (AvgIpc) is 2.46. The Morgan fingerprint density at radius 1 is 1.42 bits per heavy atom. The van der Waals surface area contributed by atoms with E-state index in [1.54, 1.807) is 6.07 Å². The zero-order chi connectivity index (χ0) is 13.8. The lowest BCUT2D eigenvalue weighted by molar-refractivity contribution is -0.143. The Labute approximate surface area is 110 Å². The number of carbonyl (C=O) groups is 2. The molecule has 1 aliphatic heterocycles. The number of hydrogen-bond acceptors (Lipinski definition) is 5. The number of aromatic nitrogens is 2. The molecule has 19 heavy (non-hydrogen) atoms. The van der Waals surface area contributed by atoms with Gasteiger partial charge in [0.1, 0.15) is 0 Å². The van der Waals surface area contributed by atoms with Crippen LogP contribution in [0, 0.1) is 5.92 Å². The summed E-state index contributed by atoms with van der Waals surface area (Å²) in [5, 5.41) is 16.5. The molecule has 1 amide bonds. The van der Waals surface area contributed by atoms with Crippen LogP contribution in [-0.4, -0.2) is 52.3 Å². The lowest BCUT2D eigenvalue weighted by atomic mass is 9.98. The van der Waals surface area contributed by atoms with Crippen LogP contribution in [0.3, 0.4) is 0 Å². The second-order valence-electron chi connectivity index (χ2n) is 4.39. The highest BCUT2D eigenvalue weighted by Crippen LogP contribution is 2.18. The van der Waals surface area contributed by atoms with Crippen molar-refractivity contribution >= 4 is 11.9 Å². The second kappa shape index (κ2) is 5.64. The maximum absolute atomic E-state index is 12.2. The van der Waals surface area contributed by atoms with Crippen LogP contribution in [-0.2, 0) is 4.79 Å². The lowest BCUT2D eigenvalue weighted by Crippen LogP contribution is -2.42. The summed E-state index contributed by atoms with van der Waals surface area (Å²) in [7, 11) is 1.47. The van der Waals surface area contributed by atoms with Gasteiger partial charge >= 0.3 is 5.97 Å². The normalized spacial score (nSPS) is 19.0. The minimum atomic E-state index is -0.863. The number of likely N-dealkylation sites (tertiary alicyclic amines) is 1. The van der Waals surface area contributed by atoms with Gasteiger partial charge in [-0.1, -0.05) is 0 Å². The maximum Gasteiger partial charge on any atom is 0.308 e. The molecule has 1 N–H and O–H groups in total. The first-order valence-electron chi connectivity index (χ1n) is 6.01. The van der Waals surface area contributed by atoms with Crippen molar-refractivity contribution in [2.24, 2.45) is 5.92 Å². The van der Waals surface area contributed by atoms with Crippen LogP contribution < -0.4 is 4.74 Å². The number of amides is 1. The quantitative estimate of drug-likeness (QED) is 0.851. The third-order valence-electron chi connectivity index (χ3n) is 3.13. The van der Waals surface area contributed by atoms with E-state index in [-0.39, 0.29) is 18.1 Å². The van der Waals surface area contributed by atoms with Gasteiger partial charge < -0.3 is 14.7 Å². The van der Waals surface area contributed by atoms with Crippen molar-refractivity contribution in [3.05, 3.63) is 17.8 Å². The van der Waals surface area contributed by atoms with Crippen LogP contribution in [0.4, 0.5) is 0 Å². The molecule has 0 aromatic carbocycles. The first kappa shape index (κ1) is 13.3. The third kappa shape index (κ3) is 2.98. The number of ether oxygens (including phenoxy) is 1. The van der Waals surface area contributed by atoms with Crippen molar-refractivity contribution in [1.29, 1.82) is 0 Å². The molecule has 1 aliphatic rings. The van der Waals surface area contributed by atoms with Gasteiger partial charge in [-0.2, -0.15) is 0 Å². The average molecular weight is 265 g/mol. The fourth-order valence-electron chi connectivity index (χ4n) is 2.07. The summed E-state index contributed by atoms with van der Waals surface area (Å²) >= 11 is 0. The molecule has 1 aromatic heterocycles. The van der Waals surface area contributed by atoms with Crippen molar-refractivity contribution < 1.29 is 19.4 Å². The highest BCUT2D eigenvalue weighted by Gasteiger charge is 2.29. The van der Waals surface area contributed by atoms with Gasteiger partial charge in [-0.05, 0) is 18.9 Å². The van der Waals surface area contributed by atoms with Gasteiger partial charge in [-0.25, -0.2) is 0 Å². The summed E-state index contributed by atoms with van der Waals surface area (Å²) < 4.78 is 4.87. The van der Waals surface area contributed by atoms with Crippen LogP contribution in [0.2, 0.25) is 0 Å². The molecule has 0 saturated carbocycles. The Morgan fingerprint density at radius 2 is 2.21 bits per heavy atom. The van der Waals surface area contributed by atoms with Crippen LogP contribution >= 0.6 is 0 Å². The van der Waals surface area contributed by atoms with Crippen molar-refractivity contribution in [2.75, 3.05) is 20.2 Å². The fraction of sp³-hybridized carbons (Fsp3) is 0.500. The minimum absolute atomic E-state index is 0.201. The lowest BCUT2D eigenvalue weighted by Gasteiger charge is -2.30. The Morgan fingerprint density at radius 3 is 2.79 bits per heavy atom. The molecule has 0 bridgehead atoms. The number of carbonyl (C=O) groups excluding carboxylic acids is 1. The molecule has 0 aliphatic carbocycles. The van der Waals surface area contributed by atoms with E-state index < -0.39 is 11.9 Å². The summed E-state index contributed by atoms with van der Waals surface area (Å²) in [6, 6.07) is 3.08. The van der Waals surface area contributed by atoms with Crippen molar-refractivity contribution in [3.8, 4) is 5.88 Å². The van der Waals surface area contributed by atoms with Crippen molar-refractivity contribution in [3.63, 3.8) is 0 Å². The molecule has 0 unspecified atom stereocenters. The number of nitrogens with zero attached hydrogens (tertiary/aromatic N) is 3. The van der Waals surface area contributed by atoms with E-state index in [2.05, 4.69) is 10.2 Å². The molecule has 7 heteroatoms. The zero-order valence-corrected chi connectivity index (χ0v) is 10.6. The summed E-state index contributed by atoms with van der Waals surface area (Å²) in [5.41, 5.74) is 0.201. The molecule has 1 atom stereocenters. The van der Waals surface area contributed by atoms with E-state index in [1.807, 2.05) is 0 Å². The highest BCUT2D eigenvalue weighted by molar-refractivity contribution is 5.92. The van der Waals surface area contributed by atoms with E-state index in [9.17, 15) is 9.59 Å². The molecular weight excluding hydrogens is 250 g/mol. The van der Waals surface area contributed by atoms with Crippen LogP contribution in [0.5, 0.6) is 5.88 Å². The van der Waals surface area contributed by atoms with Crippen LogP contribution in [0.15, 0.2) is 12.1 Å². The van der Waals surface area contributed by atoms with Gasteiger partial charge in [0.15, 0.2) is 5.69 Å². The molecule has 1 fully saturated rings. The van der Waals surface area contributed by atoms with Gasteiger partial charge in [0.05, 0.1) is 13.0 Å². The summed E-state index contributed by atoms with van der Waals surface area (Å²) in [4.78, 5) is 24.6. The van der Waals surface area contributed by atoms with E-state index >= 15 is 0 Å². The number of carboxylic acid groups (broad SMARTS) is 1. The van der Waals surface area contributed by atoms with Gasteiger partial charge in [-0.3, -0.25) is 9.59 Å². The molecule has 102 valence electrons. The molecule has 0 spiro atoms. The van der Waals surface area contributed by atoms with Gasteiger partial charge in [0.2, 0.25) is 5.88 Å². The Balaban J connectivity index is 2.07. The Bertz CT molecular complexity index is 474. The van der Waals surface area contributed by atoms with E-state index in [4.69, 9.17) is 9.84 Å². The Kier molecular flexibility index (Phi) is 3.94.